The Labute approximate surface area is 82.8 Å². The molecule has 0 aliphatic rings. The Balaban J connectivity index is 2.78. The second-order valence-electron chi connectivity index (χ2n) is 3.18. The molecule has 4 nitrogen and oxygen atoms in total. The molecule has 0 aliphatic heterocycles. The molecule has 0 aliphatic carbocycles. The lowest BCUT2D eigenvalue weighted by Crippen LogP contribution is -2.15. The van der Waals surface area contributed by atoms with Crippen molar-refractivity contribution in [3.05, 3.63) is 29.6 Å². The van der Waals surface area contributed by atoms with Crippen LogP contribution in [0.5, 0.6) is 0 Å². The normalized spacial score (nSPS) is 12.4. The summed E-state index contributed by atoms with van der Waals surface area (Å²) in [7, 11) is 0. The first-order valence-electron chi connectivity index (χ1n) is 4.54. The summed E-state index contributed by atoms with van der Waals surface area (Å²) in [6, 6.07) is 1.44. The summed E-state index contributed by atoms with van der Waals surface area (Å²) in [5.74, 6) is -0.889. The molecule has 0 spiro atoms. The van der Waals surface area contributed by atoms with Crippen LogP contribution < -0.4 is 5.73 Å². The molecular formula is C10H14N2O2. The van der Waals surface area contributed by atoms with Crippen molar-refractivity contribution >= 4 is 5.97 Å². The Hall–Kier alpha value is -1.42. The molecule has 0 saturated carbocycles. The highest BCUT2D eigenvalue weighted by atomic mass is 16.4. The van der Waals surface area contributed by atoms with Gasteiger partial charge >= 0.3 is 5.97 Å². The first kappa shape index (κ1) is 10.7. The fraction of sp³-hybridized carbons (Fsp3) is 0.400. The highest BCUT2D eigenvalue weighted by molar-refractivity contribution is 5.67. The fourth-order valence-electron chi connectivity index (χ4n) is 1.21. The van der Waals surface area contributed by atoms with Gasteiger partial charge in [0.25, 0.3) is 0 Å². The number of rotatable bonds is 4. The molecule has 0 aromatic carbocycles. The van der Waals surface area contributed by atoms with Gasteiger partial charge in [-0.3, -0.25) is 9.78 Å². The molecular weight excluding hydrogens is 180 g/mol. The van der Waals surface area contributed by atoms with Crippen molar-refractivity contribution < 1.29 is 9.90 Å². The lowest BCUT2D eigenvalue weighted by molar-refractivity contribution is -0.137. The van der Waals surface area contributed by atoms with E-state index in [0.29, 0.717) is 0 Å². The highest BCUT2D eigenvalue weighted by Crippen LogP contribution is 2.14. The fourth-order valence-corrected chi connectivity index (χ4v) is 1.21. The number of carboxylic acids is 1. The van der Waals surface area contributed by atoms with Crippen molar-refractivity contribution in [3.8, 4) is 0 Å². The second-order valence-corrected chi connectivity index (χ2v) is 3.18. The molecule has 1 unspecified atom stereocenters. The quantitative estimate of drug-likeness (QED) is 0.753. The van der Waals surface area contributed by atoms with E-state index in [0.717, 1.165) is 17.5 Å². The maximum atomic E-state index is 10.4. The van der Waals surface area contributed by atoms with Gasteiger partial charge in [0.05, 0.1) is 6.42 Å². The minimum Gasteiger partial charge on any atom is -0.481 e. The maximum Gasteiger partial charge on any atom is 0.305 e. The van der Waals surface area contributed by atoms with Crippen LogP contribution in [-0.4, -0.2) is 16.1 Å². The van der Waals surface area contributed by atoms with Crippen LogP contribution in [0.15, 0.2) is 18.5 Å². The molecule has 1 heterocycles. The summed E-state index contributed by atoms with van der Waals surface area (Å²) in [6.45, 7) is 2.02. The Morgan fingerprint density at radius 3 is 2.93 bits per heavy atom. The molecule has 4 heteroatoms. The van der Waals surface area contributed by atoms with E-state index in [1.165, 1.54) is 0 Å². The largest absolute Gasteiger partial charge is 0.481 e. The number of aliphatic carboxylic acids is 1. The van der Waals surface area contributed by atoms with E-state index in [1.54, 1.807) is 12.4 Å². The van der Waals surface area contributed by atoms with Crippen molar-refractivity contribution in [1.82, 2.24) is 4.98 Å². The zero-order valence-electron chi connectivity index (χ0n) is 8.10. The standard InChI is InChI=1S/C10H14N2O2/c1-2-7-3-8(6-12-5-7)9(11)4-10(13)14/h3,5-6,9H,2,4,11H2,1H3,(H,13,14). The highest BCUT2D eigenvalue weighted by Gasteiger charge is 2.10. The molecule has 0 amide bonds. The predicted molar refractivity (Wildman–Crippen MR) is 52.8 cm³/mol. The smallest absolute Gasteiger partial charge is 0.305 e. The Morgan fingerprint density at radius 2 is 2.36 bits per heavy atom. The van der Waals surface area contributed by atoms with Crippen molar-refractivity contribution in [1.29, 1.82) is 0 Å². The number of pyridine rings is 1. The summed E-state index contributed by atoms with van der Waals surface area (Å²) < 4.78 is 0. The molecule has 1 rings (SSSR count). The van der Waals surface area contributed by atoms with Crippen LogP contribution in [-0.2, 0) is 11.2 Å². The molecule has 1 aromatic heterocycles. The Morgan fingerprint density at radius 1 is 1.64 bits per heavy atom. The second kappa shape index (κ2) is 4.72. The molecule has 0 radical (unpaired) electrons. The van der Waals surface area contributed by atoms with Crippen LogP contribution in [0.2, 0.25) is 0 Å². The van der Waals surface area contributed by atoms with Gasteiger partial charge in [0.2, 0.25) is 0 Å². The van der Waals surface area contributed by atoms with Gasteiger partial charge in [-0.25, -0.2) is 0 Å². The lowest BCUT2D eigenvalue weighted by atomic mass is 10.0. The number of hydrogen-bond acceptors (Lipinski definition) is 3. The van der Waals surface area contributed by atoms with Gasteiger partial charge in [0.15, 0.2) is 0 Å². The molecule has 1 aromatic rings. The zero-order chi connectivity index (χ0) is 10.6. The number of nitrogens with two attached hydrogens (primary N) is 1. The molecule has 1 atom stereocenters. The first-order chi connectivity index (χ1) is 6.63. The predicted octanol–water partition coefficient (Wildman–Crippen LogP) is 1.12. The molecule has 3 N–H and O–H groups in total. The average molecular weight is 194 g/mol. The molecule has 76 valence electrons. The van der Waals surface area contributed by atoms with Crippen molar-refractivity contribution in [2.45, 2.75) is 25.8 Å². The maximum absolute atomic E-state index is 10.4. The van der Waals surface area contributed by atoms with E-state index < -0.39 is 12.0 Å². The van der Waals surface area contributed by atoms with E-state index in [1.807, 2.05) is 13.0 Å². The Bertz CT molecular complexity index is 326. The van der Waals surface area contributed by atoms with Crippen LogP contribution in [0.25, 0.3) is 0 Å². The van der Waals surface area contributed by atoms with E-state index in [9.17, 15) is 4.79 Å². The van der Waals surface area contributed by atoms with Gasteiger partial charge in [0.1, 0.15) is 0 Å². The number of aromatic nitrogens is 1. The van der Waals surface area contributed by atoms with Crippen LogP contribution in [0.1, 0.15) is 30.5 Å². The lowest BCUT2D eigenvalue weighted by Gasteiger charge is -2.09. The third-order valence-corrected chi connectivity index (χ3v) is 2.05. The first-order valence-corrected chi connectivity index (χ1v) is 4.54. The van der Waals surface area contributed by atoms with Crippen LogP contribution in [0.3, 0.4) is 0 Å². The van der Waals surface area contributed by atoms with Crippen LogP contribution in [0.4, 0.5) is 0 Å². The zero-order valence-corrected chi connectivity index (χ0v) is 8.10. The molecule has 0 saturated heterocycles. The summed E-state index contributed by atoms with van der Waals surface area (Å²) in [6.07, 6.45) is 4.19. The van der Waals surface area contributed by atoms with Gasteiger partial charge in [-0.05, 0) is 17.5 Å². The Kier molecular flexibility index (Phi) is 3.59. The molecule has 0 bridgehead atoms. The van der Waals surface area contributed by atoms with E-state index in [2.05, 4.69) is 4.98 Å². The van der Waals surface area contributed by atoms with E-state index in [4.69, 9.17) is 10.8 Å². The summed E-state index contributed by atoms with van der Waals surface area (Å²) in [5, 5.41) is 8.57. The van der Waals surface area contributed by atoms with Crippen molar-refractivity contribution in [3.63, 3.8) is 0 Å². The van der Waals surface area contributed by atoms with Gasteiger partial charge in [-0.2, -0.15) is 0 Å². The number of nitrogens with zero attached hydrogens (tertiary/aromatic N) is 1. The van der Waals surface area contributed by atoms with Crippen molar-refractivity contribution in [2.24, 2.45) is 5.73 Å². The van der Waals surface area contributed by atoms with Crippen molar-refractivity contribution in [2.75, 3.05) is 0 Å². The molecule has 14 heavy (non-hydrogen) atoms. The third kappa shape index (κ3) is 2.81. The monoisotopic (exact) mass is 194 g/mol. The number of hydrogen-bond donors (Lipinski definition) is 2. The van der Waals surface area contributed by atoms with Gasteiger partial charge in [0, 0.05) is 18.4 Å². The molecule has 0 fully saturated rings. The van der Waals surface area contributed by atoms with Gasteiger partial charge < -0.3 is 10.8 Å². The summed E-state index contributed by atoms with van der Waals surface area (Å²) in [5.41, 5.74) is 7.56. The third-order valence-electron chi connectivity index (χ3n) is 2.05. The average Bonchev–Trinajstić information content (AvgIpc) is 2.17. The van der Waals surface area contributed by atoms with Gasteiger partial charge in [-0.1, -0.05) is 13.0 Å². The van der Waals surface area contributed by atoms with E-state index >= 15 is 0 Å². The minimum absolute atomic E-state index is 0.0607. The SMILES string of the molecule is CCc1cncc(C(N)CC(=O)O)c1. The minimum atomic E-state index is -0.889. The summed E-state index contributed by atoms with van der Waals surface area (Å²) >= 11 is 0. The summed E-state index contributed by atoms with van der Waals surface area (Å²) in [4.78, 5) is 14.4. The van der Waals surface area contributed by atoms with Gasteiger partial charge in [-0.15, -0.1) is 0 Å². The number of carbonyl (C=O) groups is 1. The van der Waals surface area contributed by atoms with E-state index in [-0.39, 0.29) is 6.42 Å². The van der Waals surface area contributed by atoms with Crippen LogP contribution in [0, 0.1) is 0 Å². The number of carboxylic acid groups (broad SMARTS) is 1. The topological polar surface area (TPSA) is 76.2 Å². The number of aryl methyl sites for hydroxylation is 1. The van der Waals surface area contributed by atoms with Crippen LogP contribution >= 0.6 is 0 Å².